The Hall–Kier alpha value is -2.52. The molecular formula is C18H18N4OS. The van der Waals surface area contributed by atoms with Crippen molar-refractivity contribution in [1.82, 2.24) is 4.98 Å². The van der Waals surface area contributed by atoms with Gasteiger partial charge in [0.25, 0.3) is 0 Å². The van der Waals surface area contributed by atoms with Crippen LogP contribution in [0.1, 0.15) is 31.2 Å². The van der Waals surface area contributed by atoms with Crippen molar-refractivity contribution < 1.29 is 4.79 Å². The Morgan fingerprint density at radius 1 is 1.25 bits per heavy atom. The lowest BCUT2D eigenvalue weighted by Crippen LogP contribution is -2.31. The van der Waals surface area contributed by atoms with Crippen LogP contribution >= 0.6 is 11.3 Å². The Morgan fingerprint density at radius 3 is 2.67 bits per heavy atom. The van der Waals surface area contributed by atoms with Gasteiger partial charge in [-0.1, -0.05) is 30.3 Å². The van der Waals surface area contributed by atoms with Gasteiger partial charge in [-0.15, -0.1) is 23.7 Å². The molecule has 24 heavy (non-hydrogen) atoms. The van der Waals surface area contributed by atoms with E-state index in [0.29, 0.717) is 37.4 Å². The molecule has 0 atom stereocenters. The third kappa shape index (κ3) is 4.06. The SMILES string of the molecule is C#CCCC1(CCC(=O)N(Cc2ccccc2)c2nccs2)N=N1. The van der Waals surface area contributed by atoms with Crippen LogP contribution in [0.4, 0.5) is 5.13 Å². The van der Waals surface area contributed by atoms with E-state index >= 15 is 0 Å². The minimum atomic E-state index is -0.427. The largest absolute Gasteiger partial charge is 0.284 e. The zero-order valence-corrected chi connectivity index (χ0v) is 14.1. The van der Waals surface area contributed by atoms with Crippen molar-refractivity contribution in [2.24, 2.45) is 10.2 Å². The van der Waals surface area contributed by atoms with Crippen molar-refractivity contribution in [2.45, 2.75) is 37.9 Å². The van der Waals surface area contributed by atoms with Crippen molar-refractivity contribution in [1.29, 1.82) is 0 Å². The zero-order chi connectivity index (χ0) is 16.8. The first kappa shape index (κ1) is 16.3. The minimum Gasteiger partial charge on any atom is -0.284 e. The molecule has 1 aliphatic heterocycles. The monoisotopic (exact) mass is 338 g/mol. The third-order valence-electron chi connectivity index (χ3n) is 3.93. The molecule has 0 saturated carbocycles. The van der Waals surface area contributed by atoms with E-state index in [1.807, 2.05) is 35.7 Å². The van der Waals surface area contributed by atoms with Gasteiger partial charge in [0.15, 0.2) is 10.8 Å². The fourth-order valence-electron chi connectivity index (χ4n) is 2.49. The van der Waals surface area contributed by atoms with Gasteiger partial charge in [-0.2, -0.15) is 10.2 Å². The number of carbonyl (C=O) groups excluding carboxylic acids is 1. The summed E-state index contributed by atoms with van der Waals surface area (Å²) in [6.45, 7) is 0.513. The molecule has 1 aromatic heterocycles. The van der Waals surface area contributed by atoms with Crippen LogP contribution in [0.25, 0.3) is 0 Å². The van der Waals surface area contributed by atoms with E-state index in [2.05, 4.69) is 21.1 Å². The molecule has 122 valence electrons. The van der Waals surface area contributed by atoms with Crippen molar-refractivity contribution >= 4 is 22.4 Å². The molecule has 1 aromatic carbocycles. The summed E-state index contributed by atoms with van der Waals surface area (Å²) in [6.07, 6.45) is 9.34. The molecule has 2 heterocycles. The number of rotatable bonds is 8. The van der Waals surface area contributed by atoms with E-state index in [1.54, 1.807) is 11.1 Å². The van der Waals surface area contributed by atoms with Gasteiger partial charge < -0.3 is 0 Å². The summed E-state index contributed by atoms with van der Waals surface area (Å²) in [7, 11) is 0. The number of anilines is 1. The van der Waals surface area contributed by atoms with Crippen LogP contribution < -0.4 is 4.90 Å². The lowest BCUT2D eigenvalue weighted by Gasteiger charge is -2.20. The Labute approximate surface area is 145 Å². The summed E-state index contributed by atoms with van der Waals surface area (Å²) in [4.78, 5) is 18.8. The highest BCUT2D eigenvalue weighted by Gasteiger charge is 2.39. The summed E-state index contributed by atoms with van der Waals surface area (Å²) in [5.74, 6) is 2.64. The number of carbonyl (C=O) groups is 1. The van der Waals surface area contributed by atoms with Crippen molar-refractivity contribution in [3.05, 3.63) is 47.5 Å². The molecule has 2 aromatic rings. The predicted octanol–water partition coefficient (Wildman–Crippen LogP) is 4.03. The third-order valence-corrected chi connectivity index (χ3v) is 4.72. The first-order valence-electron chi connectivity index (χ1n) is 7.84. The first-order chi connectivity index (χ1) is 11.7. The minimum absolute atomic E-state index is 0.0335. The van der Waals surface area contributed by atoms with Crippen molar-refractivity contribution in [2.75, 3.05) is 4.90 Å². The van der Waals surface area contributed by atoms with Crippen LogP contribution in [0.3, 0.4) is 0 Å². The second-order valence-corrected chi connectivity index (χ2v) is 6.54. The van der Waals surface area contributed by atoms with Crippen LogP contribution in [-0.4, -0.2) is 16.6 Å². The lowest BCUT2D eigenvalue weighted by atomic mass is 10.0. The van der Waals surface area contributed by atoms with E-state index in [9.17, 15) is 4.79 Å². The average Bonchev–Trinajstić information content (AvgIpc) is 3.18. The maximum atomic E-state index is 12.8. The molecule has 0 radical (unpaired) electrons. The number of hydrogen-bond donors (Lipinski definition) is 0. The van der Waals surface area contributed by atoms with Crippen LogP contribution in [0.5, 0.6) is 0 Å². The molecule has 0 unspecified atom stereocenters. The highest BCUT2D eigenvalue weighted by molar-refractivity contribution is 7.13. The predicted molar refractivity (Wildman–Crippen MR) is 94.6 cm³/mol. The van der Waals surface area contributed by atoms with E-state index in [4.69, 9.17) is 6.42 Å². The van der Waals surface area contributed by atoms with Gasteiger partial charge in [0.2, 0.25) is 5.91 Å². The van der Waals surface area contributed by atoms with Gasteiger partial charge in [0.1, 0.15) is 0 Å². The van der Waals surface area contributed by atoms with Crippen LogP contribution in [0, 0.1) is 12.3 Å². The second kappa shape index (κ2) is 7.37. The zero-order valence-electron chi connectivity index (χ0n) is 13.3. The lowest BCUT2D eigenvalue weighted by molar-refractivity contribution is -0.119. The van der Waals surface area contributed by atoms with Gasteiger partial charge in [-0.25, -0.2) is 4.98 Å². The Bertz CT molecular complexity index is 743. The van der Waals surface area contributed by atoms with Gasteiger partial charge in [0.05, 0.1) is 6.54 Å². The molecule has 1 aliphatic rings. The summed E-state index contributed by atoms with van der Waals surface area (Å²) in [5.41, 5.74) is 0.646. The van der Waals surface area contributed by atoms with Crippen LogP contribution in [0.2, 0.25) is 0 Å². The van der Waals surface area contributed by atoms with E-state index < -0.39 is 5.66 Å². The van der Waals surface area contributed by atoms with Gasteiger partial charge >= 0.3 is 0 Å². The number of thiazole rings is 1. The van der Waals surface area contributed by atoms with Crippen LogP contribution in [0.15, 0.2) is 52.1 Å². The Morgan fingerprint density at radius 2 is 2.04 bits per heavy atom. The van der Waals surface area contributed by atoms with Crippen molar-refractivity contribution in [3.63, 3.8) is 0 Å². The molecule has 0 spiro atoms. The quantitative estimate of drug-likeness (QED) is 0.682. The summed E-state index contributed by atoms with van der Waals surface area (Å²) >= 11 is 1.46. The summed E-state index contributed by atoms with van der Waals surface area (Å²) in [5, 5.41) is 10.8. The van der Waals surface area contributed by atoms with E-state index in [0.717, 1.165) is 5.56 Å². The molecule has 0 aliphatic carbocycles. The number of aromatic nitrogens is 1. The molecule has 3 rings (SSSR count). The molecule has 6 heteroatoms. The highest BCUT2D eigenvalue weighted by atomic mass is 32.1. The summed E-state index contributed by atoms with van der Waals surface area (Å²) < 4.78 is 0. The standard InChI is InChI=1S/C18H18N4OS/c1-2-3-10-18(20-21-18)11-9-16(23)22(17-19-12-13-24-17)14-15-7-5-4-6-8-15/h1,4-8,12-13H,3,9-11,14H2. The number of amides is 1. The maximum Gasteiger partial charge on any atom is 0.229 e. The molecule has 0 saturated heterocycles. The second-order valence-electron chi connectivity index (χ2n) is 5.67. The van der Waals surface area contributed by atoms with Crippen molar-refractivity contribution in [3.8, 4) is 12.3 Å². The van der Waals surface area contributed by atoms with E-state index in [-0.39, 0.29) is 5.91 Å². The number of benzene rings is 1. The first-order valence-corrected chi connectivity index (χ1v) is 8.72. The van der Waals surface area contributed by atoms with Gasteiger partial charge in [0, 0.05) is 37.3 Å². The maximum absolute atomic E-state index is 12.8. The fraction of sp³-hybridized carbons (Fsp3) is 0.333. The highest BCUT2D eigenvalue weighted by Crippen LogP contribution is 2.38. The molecule has 0 bridgehead atoms. The fourth-order valence-corrected chi connectivity index (χ4v) is 3.15. The Kier molecular flexibility index (Phi) is 5.02. The normalized spacial score (nSPS) is 14.1. The smallest absolute Gasteiger partial charge is 0.229 e. The summed E-state index contributed by atoms with van der Waals surface area (Å²) in [6, 6.07) is 9.92. The molecule has 5 nitrogen and oxygen atoms in total. The Balaban J connectivity index is 1.65. The number of nitrogens with zero attached hydrogens (tertiary/aromatic N) is 4. The average molecular weight is 338 g/mol. The number of terminal acetylenes is 1. The molecular weight excluding hydrogens is 320 g/mol. The van der Waals surface area contributed by atoms with Crippen LogP contribution in [-0.2, 0) is 11.3 Å². The van der Waals surface area contributed by atoms with Gasteiger partial charge in [-0.05, 0) is 5.56 Å². The topological polar surface area (TPSA) is 57.9 Å². The molecule has 0 N–H and O–H groups in total. The molecule has 0 fully saturated rings. The molecule has 1 amide bonds. The van der Waals surface area contributed by atoms with Gasteiger partial charge in [-0.3, -0.25) is 9.69 Å². The number of hydrogen-bond acceptors (Lipinski definition) is 5. The van der Waals surface area contributed by atoms with E-state index in [1.165, 1.54) is 11.3 Å².